The minimum Gasteiger partial charge on any atom is -0.381 e. The van der Waals surface area contributed by atoms with Crippen LogP contribution in [-0.4, -0.2) is 19.5 Å². The zero-order valence-electron chi connectivity index (χ0n) is 16.8. The third kappa shape index (κ3) is 2.57. The van der Waals surface area contributed by atoms with Crippen LogP contribution in [0.2, 0.25) is 0 Å². The van der Waals surface area contributed by atoms with Crippen molar-refractivity contribution in [3.8, 4) is 0 Å². The molecule has 0 amide bonds. The number of carbonyl (C=O) groups excluding carboxylic acids is 1. The summed E-state index contributed by atoms with van der Waals surface area (Å²) in [5.41, 5.74) is 0.974. The largest absolute Gasteiger partial charge is 0.381 e. The highest BCUT2D eigenvalue weighted by Crippen LogP contribution is 2.68. The lowest BCUT2D eigenvalue weighted by molar-refractivity contribution is -0.135. The standard InChI is InChI=1S/C23H38O2/c1-15(14-24)19-7-8-20-18-6-5-16-13-17(25-4)9-11-22(16,2)21(18)10-12-23(19,20)3/h14-21H,5-13H2,1-4H3/t15?,16?,17?,18-,19+,20-,21-,22-,23+/m0/s1. The summed E-state index contributed by atoms with van der Waals surface area (Å²) >= 11 is 0. The Labute approximate surface area is 154 Å². The second kappa shape index (κ2) is 6.36. The number of methoxy groups -OCH3 is 1. The van der Waals surface area contributed by atoms with Crippen LogP contribution in [0.25, 0.3) is 0 Å². The van der Waals surface area contributed by atoms with Crippen molar-refractivity contribution in [3.05, 3.63) is 0 Å². The van der Waals surface area contributed by atoms with E-state index in [-0.39, 0.29) is 5.92 Å². The van der Waals surface area contributed by atoms with Gasteiger partial charge in [0.15, 0.2) is 0 Å². The van der Waals surface area contributed by atoms with Crippen LogP contribution in [0.1, 0.15) is 78.6 Å². The maximum atomic E-state index is 11.5. The molecule has 0 bridgehead atoms. The molecular formula is C23H38O2. The Morgan fingerprint density at radius 3 is 2.40 bits per heavy atom. The van der Waals surface area contributed by atoms with Crippen molar-refractivity contribution in [3.63, 3.8) is 0 Å². The molecule has 4 fully saturated rings. The van der Waals surface area contributed by atoms with E-state index in [1.807, 2.05) is 7.11 Å². The molecule has 0 saturated heterocycles. The first-order valence-corrected chi connectivity index (χ1v) is 10.9. The topological polar surface area (TPSA) is 26.3 Å². The Morgan fingerprint density at radius 1 is 0.960 bits per heavy atom. The maximum absolute atomic E-state index is 11.5. The van der Waals surface area contributed by atoms with E-state index in [0.29, 0.717) is 22.9 Å². The number of carbonyl (C=O) groups is 1. The Bertz CT molecular complexity index is 516. The molecule has 2 nitrogen and oxygen atoms in total. The van der Waals surface area contributed by atoms with E-state index in [9.17, 15) is 4.79 Å². The van der Waals surface area contributed by atoms with Crippen LogP contribution >= 0.6 is 0 Å². The zero-order valence-corrected chi connectivity index (χ0v) is 16.8. The molecule has 0 spiro atoms. The molecule has 4 saturated carbocycles. The highest BCUT2D eigenvalue weighted by Gasteiger charge is 2.60. The smallest absolute Gasteiger partial charge is 0.123 e. The Morgan fingerprint density at radius 2 is 1.68 bits per heavy atom. The molecule has 4 rings (SSSR count). The van der Waals surface area contributed by atoms with Crippen molar-refractivity contribution in [1.82, 2.24) is 0 Å². The van der Waals surface area contributed by atoms with Crippen molar-refractivity contribution in [1.29, 1.82) is 0 Å². The highest BCUT2D eigenvalue weighted by atomic mass is 16.5. The van der Waals surface area contributed by atoms with Gasteiger partial charge in [0, 0.05) is 13.0 Å². The molecule has 0 heterocycles. The fourth-order valence-electron chi connectivity index (χ4n) is 8.43. The summed E-state index contributed by atoms with van der Waals surface area (Å²) in [6.07, 6.45) is 13.9. The van der Waals surface area contributed by atoms with E-state index < -0.39 is 0 Å². The molecule has 2 heteroatoms. The first kappa shape index (κ1) is 18.0. The summed E-state index contributed by atoms with van der Waals surface area (Å²) in [4.78, 5) is 11.5. The van der Waals surface area contributed by atoms with E-state index >= 15 is 0 Å². The van der Waals surface area contributed by atoms with E-state index in [1.165, 1.54) is 64.1 Å². The molecule has 0 aromatic carbocycles. The lowest BCUT2D eigenvalue weighted by Gasteiger charge is -2.61. The van der Waals surface area contributed by atoms with E-state index in [1.54, 1.807) is 0 Å². The summed E-state index contributed by atoms with van der Waals surface area (Å²) in [6, 6.07) is 0. The van der Waals surface area contributed by atoms with Gasteiger partial charge in [0.2, 0.25) is 0 Å². The van der Waals surface area contributed by atoms with Crippen molar-refractivity contribution in [2.45, 2.75) is 84.7 Å². The quantitative estimate of drug-likeness (QED) is 0.631. The zero-order chi connectivity index (χ0) is 17.8. The Kier molecular flexibility index (Phi) is 4.58. The molecule has 0 radical (unpaired) electrons. The van der Waals surface area contributed by atoms with Gasteiger partial charge < -0.3 is 9.53 Å². The SMILES string of the molecule is COC1CC[C@@]2(C)C(CC[C@H]3[C@@H]4CC[C@H](C(C)C=O)[C@@]4(C)CC[C@@H]32)C1. The lowest BCUT2D eigenvalue weighted by atomic mass is 9.44. The first-order valence-electron chi connectivity index (χ1n) is 10.9. The fraction of sp³-hybridized carbons (Fsp3) is 0.957. The summed E-state index contributed by atoms with van der Waals surface area (Å²) in [5, 5.41) is 0. The molecule has 0 aromatic heterocycles. The van der Waals surface area contributed by atoms with Crippen LogP contribution in [-0.2, 0) is 9.53 Å². The van der Waals surface area contributed by atoms with Gasteiger partial charge in [0.05, 0.1) is 6.10 Å². The van der Waals surface area contributed by atoms with E-state index in [0.717, 1.165) is 23.7 Å². The normalized spacial score (nSPS) is 53.4. The van der Waals surface area contributed by atoms with Gasteiger partial charge in [-0.1, -0.05) is 20.8 Å². The van der Waals surface area contributed by atoms with Crippen LogP contribution in [0.3, 0.4) is 0 Å². The minimum absolute atomic E-state index is 0.246. The number of ether oxygens (including phenoxy) is 1. The number of fused-ring (bicyclic) bond motifs is 5. The Balaban J connectivity index is 1.57. The van der Waals surface area contributed by atoms with Crippen molar-refractivity contribution < 1.29 is 9.53 Å². The molecule has 9 atom stereocenters. The maximum Gasteiger partial charge on any atom is 0.123 e. The van der Waals surface area contributed by atoms with Crippen LogP contribution in [0.5, 0.6) is 0 Å². The van der Waals surface area contributed by atoms with Gasteiger partial charge in [-0.2, -0.15) is 0 Å². The molecule has 142 valence electrons. The molecule has 3 unspecified atom stereocenters. The molecule has 0 aromatic rings. The predicted molar refractivity (Wildman–Crippen MR) is 101 cm³/mol. The molecule has 4 aliphatic carbocycles. The average Bonchev–Trinajstić information content (AvgIpc) is 2.97. The molecular weight excluding hydrogens is 308 g/mol. The van der Waals surface area contributed by atoms with Gasteiger partial charge in [-0.3, -0.25) is 0 Å². The van der Waals surface area contributed by atoms with Gasteiger partial charge >= 0.3 is 0 Å². The lowest BCUT2D eigenvalue weighted by Crippen LogP contribution is -2.54. The van der Waals surface area contributed by atoms with Gasteiger partial charge in [-0.15, -0.1) is 0 Å². The van der Waals surface area contributed by atoms with Crippen LogP contribution < -0.4 is 0 Å². The summed E-state index contributed by atoms with van der Waals surface area (Å²) < 4.78 is 5.73. The number of hydrogen-bond acceptors (Lipinski definition) is 2. The Hall–Kier alpha value is -0.370. The van der Waals surface area contributed by atoms with Crippen LogP contribution in [0, 0.1) is 46.3 Å². The number of rotatable bonds is 3. The van der Waals surface area contributed by atoms with Gasteiger partial charge in [-0.05, 0) is 98.2 Å². The van der Waals surface area contributed by atoms with Gasteiger partial charge in [0.25, 0.3) is 0 Å². The summed E-state index contributed by atoms with van der Waals surface area (Å²) in [5.74, 6) is 4.47. The number of aldehydes is 1. The second-order valence-corrected chi connectivity index (χ2v) is 10.5. The van der Waals surface area contributed by atoms with Crippen LogP contribution in [0.4, 0.5) is 0 Å². The van der Waals surface area contributed by atoms with Crippen molar-refractivity contribution in [2.75, 3.05) is 7.11 Å². The predicted octanol–water partition coefficient (Wildman–Crippen LogP) is 5.50. The third-order valence-electron chi connectivity index (χ3n) is 9.87. The summed E-state index contributed by atoms with van der Waals surface area (Å²) in [7, 11) is 1.90. The van der Waals surface area contributed by atoms with Crippen molar-refractivity contribution >= 4 is 6.29 Å². The van der Waals surface area contributed by atoms with E-state index in [2.05, 4.69) is 20.8 Å². The van der Waals surface area contributed by atoms with Crippen molar-refractivity contribution in [2.24, 2.45) is 46.3 Å². The van der Waals surface area contributed by atoms with Gasteiger partial charge in [0.1, 0.15) is 6.29 Å². The number of hydrogen-bond donors (Lipinski definition) is 0. The first-order chi connectivity index (χ1) is 11.9. The average molecular weight is 347 g/mol. The second-order valence-electron chi connectivity index (χ2n) is 10.5. The molecule has 4 aliphatic rings. The molecule has 0 N–H and O–H groups in total. The third-order valence-corrected chi connectivity index (χ3v) is 9.87. The summed E-state index contributed by atoms with van der Waals surface area (Å²) in [6.45, 7) is 7.34. The van der Waals surface area contributed by atoms with E-state index in [4.69, 9.17) is 4.74 Å². The molecule has 0 aliphatic heterocycles. The van der Waals surface area contributed by atoms with Gasteiger partial charge in [-0.25, -0.2) is 0 Å². The molecule has 25 heavy (non-hydrogen) atoms. The monoisotopic (exact) mass is 346 g/mol. The minimum atomic E-state index is 0.246. The highest BCUT2D eigenvalue weighted by molar-refractivity contribution is 5.53. The van der Waals surface area contributed by atoms with Crippen LogP contribution in [0.15, 0.2) is 0 Å². The fourth-order valence-corrected chi connectivity index (χ4v) is 8.43.